The number of unbranched alkanes of at least 4 members (excludes halogenated alkanes) is 1. The van der Waals surface area contributed by atoms with E-state index in [0.29, 0.717) is 6.04 Å². The predicted molar refractivity (Wildman–Crippen MR) is 102 cm³/mol. The third kappa shape index (κ3) is 4.40. The lowest BCUT2D eigenvalue weighted by atomic mass is 10.0. The molecule has 3 rings (SSSR count). The Labute approximate surface area is 151 Å². The number of ether oxygens (including phenoxy) is 1. The summed E-state index contributed by atoms with van der Waals surface area (Å²) in [6, 6.07) is 4.91. The molecule has 0 unspecified atom stereocenters. The zero-order chi connectivity index (χ0) is 16.8. The quantitative estimate of drug-likeness (QED) is 0.657. The second-order valence-corrected chi connectivity index (χ2v) is 7.57. The van der Waals surface area contributed by atoms with Gasteiger partial charge in [0, 0.05) is 24.4 Å². The lowest BCUT2D eigenvalue weighted by Gasteiger charge is -2.23. The molecule has 1 saturated heterocycles. The summed E-state index contributed by atoms with van der Waals surface area (Å²) in [6.07, 6.45) is 14.5. The number of methoxy groups -OCH3 is 1. The van der Waals surface area contributed by atoms with Gasteiger partial charge in [0.25, 0.3) is 0 Å². The van der Waals surface area contributed by atoms with Gasteiger partial charge < -0.3 is 4.74 Å². The van der Waals surface area contributed by atoms with Gasteiger partial charge in [0.2, 0.25) is 0 Å². The fraction of sp³-hybridized carbons (Fsp3) is 0.500. The zero-order valence-electron chi connectivity index (χ0n) is 14.7. The van der Waals surface area contributed by atoms with Gasteiger partial charge in [0.1, 0.15) is 0 Å². The summed E-state index contributed by atoms with van der Waals surface area (Å²) in [4.78, 5) is 2.73. The maximum atomic E-state index is 5.37. The molecule has 1 aromatic heterocycles. The molecule has 0 bridgehead atoms. The Morgan fingerprint density at radius 1 is 1.33 bits per heavy atom. The second-order valence-electron chi connectivity index (χ2n) is 6.41. The van der Waals surface area contributed by atoms with E-state index in [2.05, 4.69) is 49.7 Å². The summed E-state index contributed by atoms with van der Waals surface area (Å²) in [6.45, 7) is 4.02. The molecule has 4 heteroatoms. The Morgan fingerprint density at radius 2 is 2.17 bits per heavy atom. The Bertz CT molecular complexity index is 533. The van der Waals surface area contributed by atoms with Crippen LogP contribution in [0.2, 0.25) is 0 Å². The lowest BCUT2D eigenvalue weighted by Crippen LogP contribution is -2.30. The smallest absolute Gasteiger partial charge is 0.0854 e. The molecular weight excluding hydrogens is 316 g/mol. The van der Waals surface area contributed by atoms with Crippen LogP contribution in [0.25, 0.3) is 0 Å². The number of aryl methyl sites for hydroxylation is 1. The van der Waals surface area contributed by atoms with Crippen LogP contribution < -0.4 is 0 Å². The summed E-state index contributed by atoms with van der Waals surface area (Å²) in [5.41, 5.74) is 1.11. The fourth-order valence-corrected chi connectivity index (χ4v) is 4.27. The van der Waals surface area contributed by atoms with Crippen molar-refractivity contribution in [1.29, 1.82) is 0 Å². The molecule has 1 saturated carbocycles. The highest BCUT2D eigenvalue weighted by atomic mass is 32.1. The normalized spacial score (nSPS) is 22.7. The van der Waals surface area contributed by atoms with Crippen molar-refractivity contribution in [2.24, 2.45) is 5.10 Å². The van der Waals surface area contributed by atoms with Crippen molar-refractivity contribution >= 4 is 17.0 Å². The Hall–Kier alpha value is -0.870. The minimum absolute atomic E-state index is 0.402. The number of hydrogen-bond acceptors (Lipinski definition) is 4. The van der Waals surface area contributed by atoms with E-state index in [1.54, 1.807) is 7.11 Å². The third-order valence-electron chi connectivity index (χ3n) is 4.54. The Kier molecular flexibility index (Phi) is 6.73. The molecule has 0 aromatic carbocycles. The molecule has 1 aromatic rings. The van der Waals surface area contributed by atoms with Crippen molar-refractivity contribution in [3.63, 3.8) is 0 Å². The fourth-order valence-electron chi connectivity index (χ4n) is 3.21. The number of hydrogen-bond donors (Lipinski definition) is 0. The van der Waals surface area contributed by atoms with Gasteiger partial charge in [-0.25, -0.2) is 0 Å². The van der Waals surface area contributed by atoms with E-state index < -0.39 is 0 Å². The summed E-state index contributed by atoms with van der Waals surface area (Å²) in [7, 11) is 1.78. The molecule has 129 valence electrons. The van der Waals surface area contributed by atoms with Gasteiger partial charge in [0.05, 0.1) is 23.2 Å². The van der Waals surface area contributed by atoms with Gasteiger partial charge in [-0.2, -0.15) is 5.10 Å². The summed E-state index contributed by atoms with van der Waals surface area (Å²) < 4.78 is 5.37. The van der Waals surface area contributed by atoms with Gasteiger partial charge in [0.15, 0.2) is 0 Å². The van der Waals surface area contributed by atoms with E-state index in [0.717, 1.165) is 25.3 Å². The number of rotatable bonds is 8. The molecule has 2 fully saturated rings. The highest BCUT2D eigenvalue weighted by molar-refractivity contribution is 7.14. The highest BCUT2D eigenvalue weighted by Crippen LogP contribution is 2.32. The van der Waals surface area contributed by atoms with Crippen molar-refractivity contribution in [2.45, 2.75) is 45.1 Å². The van der Waals surface area contributed by atoms with E-state index in [1.807, 2.05) is 11.3 Å². The first-order chi connectivity index (χ1) is 11.8. The van der Waals surface area contributed by atoms with Crippen molar-refractivity contribution in [3.05, 3.63) is 53.5 Å². The summed E-state index contributed by atoms with van der Waals surface area (Å²) >= 11 is 1.89. The second kappa shape index (κ2) is 9.00. The van der Waals surface area contributed by atoms with E-state index in [4.69, 9.17) is 9.84 Å². The molecule has 2 aliphatic rings. The van der Waals surface area contributed by atoms with Gasteiger partial charge in [-0.05, 0) is 63.5 Å². The number of thiophene rings is 1. The van der Waals surface area contributed by atoms with E-state index in [-0.39, 0.29) is 0 Å². The average molecular weight is 344 g/mol. The molecule has 1 aliphatic carbocycles. The van der Waals surface area contributed by atoms with Crippen LogP contribution in [0.15, 0.2) is 17.2 Å². The molecule has 5 radical (unpaired) electrons. The van der Waals surface area contributed by atoms with Crippen LogP contribution in [0.5, 0.6) is 0 Å². The summed E-state index contributed by atoms with van der Waals surface area (Å²) in [5, 5.41) is 7.30. The topological polar surface area (TPSA) is 24.8 Å². The molecule has 0 amide bonds. The van der Waals surface area contributed by atoms with Crippen LogP contribution >= 0.6 is 11.3 Å². The maximum absolute atomic E-state index is 5.37. The minimum atomic E-state index is 0.402. The number of hydrazone groups is 1. The van der Waals surface area contributed by atoms with Crippen molar-refractivity contribution in [2.75, 3.05) is 20.3 Å². The molecule has 3 nitrogen and oxygen atoms in total. The first-order valence-corrected chi connectivity index (χ1v) is 9.78. The Balaban J connectivity index is 1.80. The lowest BCUT2D eigenvalue weighted by molar-refractivity contribution is 0.118. The molecule has 2 heterocycles. The monoisotopic (exact) mass is 343 g/mol. The third-order valence-corrected chi connectivity index (χ3v) is 5.69. The highest BCUT2D eigenvalue weighted by Gasteiger charge is 2.29. The van der Waals surface area contributed by atoms with Crippen LogP contribution in [0, 0.1) is 31.6 Å². The van der Waals surface area contributed by atoms with Gasteiger partial charge >= 0.3 is 0 Å². The zero-order valence-corrected chi connectivity index (χ0v) is 15.5. The van der Waals surface area contributed by atoms with Gasteiger partial charge in [-0.15, -0.1) is 11.3 Å². The van der Waals surface area contributed by atoms with Crippen molar-refractivity contribution in [1.82, 2.24) is 5.01 Å². The molecule has 1 atom stereocenters. The molecular formula is C20H27N2OS. The van der Waals surface area contributed by atoms with Crippen LogP contribution in [-0.4, -0.2) is 37.0 Å². The largest absolute Gasteiger partial charge is 0.382 e. The first-order valence-electron chi connectivity index (χ1n) is 8.97. The minimum Gasteiger partial charge on any atom is -0.382 e. The average Bonchev–Trinajstić information content (AvgIpc) is 3.33. The van der Waals surface area contributed by atoms with Crippen LogP contribution in [0.3, 0.4) is 0 Å². The molecule has 0 N–H and O–H groups in total. The van der Waals surface area contributed by atoms with Crippen molar-refractivity contribution < 1.29 is 4.74 Å². The number of nitrogens with zero attached hydrogens (tertiary/aromatic N) is 2. The van der Waals surface area contributed by atoms with Crippen LogP contribution in [0.4, 0.5) is 0 Å². The molecule has 1 aliphatic heterocycles. The summed E-state index contributed by atoms with van der Waals surface area (Å²) in [5.74, 6) is 1.21. The molecule has 24 heavy (non-hydrogen) atoms. The maximum Gasteiger partial charge on any atom is 0.0854 e. The Morgan fingerprint density at radius 3 is 2.92 bits per heavy atom. The van der Waals surface area contributed by atoms with E-state index in [9.17, 15) is 0 Å². The van der Waals surface area contributed by atoms with Crippen LogP contribution in [0.1, 0.15) is 42.4 Å². The predicted octanol–water partition coefficient (Wildman–Crippen LogP) is 4.31. The molecule has 0 spiro atoms. The van der Waals surface area contributed by atoms with Crippen molar-refractivity contribution in [3.8, 4) is 0 Å². The van der Waals surface area contributed by atoms with E-state index >= 15 is 0 Å². The van der Waals surface area contributed by atoms with E-state index in [1.165, 1.54) is 41.4 Å². The van der Waals surface area contributed by atoms with Gasteiger partial charge in [-0.1, -0.05) is 13.3 Å². The standard InChI is InChI=1S/C20H27N2OS/c1-3-4-11-18-12-13-19(24-18)20(16-8-5-6-9-16)21-22-14-7-10-17(22)15-23-2/h5-6,8-9,12-13,17H,3-4,7,10-11,14-15H2,1-2H3/b21-20+/t17-/m0/s1. The van der Waals surface area contributed by atoms with Gasteiger partial charge in [-0.3, -0.25) is 5.01 Å². The first kappa shape index (κ1) is 17.9. The SMILES string of the molecule is CCCCc1ccc(/C(=N/N2CCC[C@H]2COC)[C]2[CH][CH][CH][CH]2)s1. The van der Waals surface area contributed by atoms with Crippen LogP contribution in [-0.2, 0) is 11.2 Å².